The first kappa shape index (κ1) is 23.3. The van der Waals surface area contributed by atoms with Gasteiger partial charge in [-0.3, -0.25) is 4.57 Å². The van der Waals surface area contributed by atoms with E-state index in [0.717, 1.165) is 29.0 Å². The van der Waals surface area contributed by atoms with Crippen LogP contribution < -0.4 is 10.9 Å². The van der Waals surface area contributed by atoms with Crippen molar-refractivity contribution in [3.8, 4) is 16.8 Å². The van der Waals surface area contributed by atoms with E-state index in [2.05, 4.69) is 113 Å². The Morgan fingerprint density at radius 3 is 2.11 bits per heavy atom. The molecule has 5 aromatic carbocycles. The van der Waals surface area contributed by atoms with Crippen LogP contribution in [-0.2, 0) is 6.42 Å². The molecular formula is C39H27BN2O2. The monoisotopic (exact) mass is 566 g/mol. The highest BCUT2D eigenvalue weighted by molar-refractivity contribution is 6.90. The van der Waals surface area contributed by atoms with E-state index >= 15 is 0 Å². The van der Waals surface area contributed by atoms with Crippen molar-refractivity contribution in [2.24, 2.45) is 0 Å². The van der Waals surface area contributed by atoms with Gasteiger partial charge in [-0.2, -0.15) is 0 Å². The number of furan rings is 2. The summed E-state index contributed by atoms with van der Waals surface area (Å²) in [5, 5.41) is 7.27. The first-order valence-electron chi connectivity index (χ1n) is 15.9. The number of aromatic nitrogens is 2. The standard InChI is InChI=1S/C39H27BN2O2/c1-2-3-4-11-22-20-28-23-14-9-15-26-34-25-13-6-8-19-32(25)44-39(34)42(36(23)26)40-29-17-10-16-27-33-24-12-5-7-18-31(24)43-38(33)41(37(27)29)30(21-22)35(28)40/h5-10,12-21H,2-4,11H2,1H3. The second-order valence-corrected chi connectivity index (χ2v) is 12.6. The number of unbranched alkanes of at least 4 members (excludes halogenated alkanes) is 2. The van der Waals surface area contributed by atoms with Crippen molar-refractivity contribution in [2.75, 3.05) is 0 Å². The van der Waals surface area contributed by atoms with E-state index in [4.69, 9.17) is 8.83 Å². The maximum atomic E-state index is 6.77. The summed E-state index contributed by atoms with van der Waals surface area (Å²) >= 11 is 0. The maximum Gasteiger partial charge on any atom is 0.336 e. The summed E-state index contributed by atoms with van der Waals surface area (Å²) in [5.74, 6) is 0. The highest BCUT2D eigenvalue weighted by Crippen LogP contribution is 2.46. The van der Waals surface area contributed by atoms with Crippen molar-refractivity contribution in [2.45, 2.75) is 32.6 Å². The van der Waals surface area contributed by atoms with Crippen molar-refractivity contribution in [3.05, 3.63) is 103 Å². The van der Waals surface area contributed by atoms with E-state index in [0.29, 0.717) is 0 Å². The molecule has 0 bridgehead atoms. The van der Waals surface area contributed by atoms with Crippen LogP contribution in [0.15, 0.2) is 106 Å². The Morgan fingerprint density at radius 1 is 0.636 bits per heavy atom. The average molecular weight is 566 g/mol. The molecule has 208 valence electrons. The third-order valence-corrected chi connectivity index (χ3v) is 10.3. The average Bonchev–Trinajstić information content (AvgIpc) is 3.79. The number of hydrogen-bond donors (Lipinski definition) is 0. The molecule has 5 heteroatoms. The minimum absolute atomic E-state index is 0.0124. The predicted octanol–water partition coefficient (Wildman–Crippen LogP) is 9.06. The fraction of sp³-hybridized carbons (Fsp3) is 0.128. The minimum atomic E-state index is -0.0124. The summed E-state index contributed by atoms with van der Waals surface area (Å²) in [7, 11) is 0. The van der Waals surface area contributed by atoms with Crippen LogP contribution in [-0.4, -0.2) is 15.9 Å². The lowest BCUT2D eigenvalue weighted by Gasteiger charge is -2.33. The zero-order chi connectivity index (χ0) is 28.7. The number of rotatable bonds is 4. The third-order valence-electron chi connectivity index (χ3n) is 10.3. The summed E-state index contributed by atoms with van der Waals surface area (Å²) in [6, 6.07) is 35.5. The summed E-state index contributed by atoms with van der Waals surface area (Å²) < 4.78 is 18.4. The molecule has 0 N–H and O–H groups in total. The fourth-order valence-electron chi connectivity index (χ4n) is 8.59. The predicted molar refractivity (Wildman–Crippen MR) is 182 cm³/mol. The van der Waals surface area contributed by atoms with Gasteiger partial charge in [0.15, 0.2) is 5.71 Å². The molecule has 0 saturated carbocycles. The van der Waals surface area contributed by atoms with Gasteiger partial charge in [0.2, 0.25) is 5.71 Å². The minimum Gasteiger partial charge on any atom is -0.441 e. The normalized spacial score (nSPS) is 13.4. The van der Waals surface area contributed by atoms with Crippen molar-refractivity contribution < 1.29 is 8.83 Å². The summed E-state index contributed by atoms with van der Waals surface area (Å²) in [4.78, 5) is 0. The SMILES string of the molecule is CCCCCc1cc2c3c(c1)-n1c4oc5ccccc5c4c4cccc(c41)B3n1c3oc4ccccc4c3c3cccc-2c31. The molecule has 0 fully saturated rings. The molecule has 2 aliphatic heterocycles. The van der Waals surface area contributed by atoms with Crippen molar-refractivity contribution in [3.63, 3.8) is 0 Å². The van der Waals surface area contributed by atoms with E-state index in [1.807, 2.05) is 0 Å². The summed E-state index contributed by atoms with van der Waals surface area (Å²) in [5.41, 5.74) is 14.1. The van der Waals surface area contributed by atoms with Gasteiger partial charge in [0.25, 0.3) is 0 Å². The van der Waals surface area contributed by atoms with E-state index in [1.54, 1.807) is 0 Å². The van der Waals surface area contributed by atoms with Crippen molar-refractivity contribution in [1.82, 2.24) is 9.05 Å². The van der Waals surface area contributed by atoms with Gasteiger partial charge in [0, 0.05) is 38.3 Å². The largest absolute Gasteiger partial charge is 0.441 e. The fourth-order valence-corrected chi connectivity index (χ4v) is 8.59. The quantitative estimate of drug-likeness (QED) is 0.157. The second-order valence-electron chi connectivity index (χ2n) is 12.6. The van der Waals surface area contributed by atoms with Crippen LogP contribution in [0.2, 0.25) is 0 Å². The van der Waals surface area contributed by atoms with E-state index in [-0.39, 0.29) is 6.85 Å². The van der Waals surface area contributed by atoms with Crippen LogP contribution >= 0.6 is 0 Å². The van der Waals surface area contributed by atoms with Gasteiger partial charge in [0.1, 0.15) is 11.2 Å². The summed E-state index contributed by atoms with van der Waals surface area (Å²) in [6.07, 6.45) is 4.71. The van der Waals surface area contributed by atoms with Crippen molar-refractivity contribution >= 4 is 83.7 Å². The van der Waals surface area contributed by atoms with Gasteiger partial charge in [-0.15, -0.1) is 0 Å². The Balaban J connectivity index is 1.36. The van der Waals surface area contributed by atoms with Gasteiger partial charge in [-0.25, -0.2) is 0 Å². The van der Waals surface area contributed by atoms with Crippen molar-refractivity contribution in [1.29, 1.82) is 0 Å². The van der Waals surface area contributed by atoms with Crippen LogP contribution in [0.5, 0.6) is 0 Å². The molecule has 4 aromatic heterocycles. The molecule has 0 aliphatic carbocycles. The molecule has 11 rings (SSSR count). The lowest BCUT2D eigenvalue weighted by atomic mass is 9.45. The second kappa shape index (κ2) is 8.06. The van der Waals surface area contributed by atoms with Crippen LogP contribution in [0.3, 0.4) is 0 Å². The molecule has 4 nitrogen and oxygen atoms in total. The molecule has 6 heterocycles. The van der Waals surface area contributed by atoms with Gasteiger partial charge < -0.3 is 13.3 Å². The number of fused-ring (bicyclic) bond motifs is 14. The number of hydrogen-bond acceptors (Lipinski definition) is 2. The Labute approximate surface area is 253 Å². The Bertz CT molecular complexity index is 2700. The molecule has 0 unspecified atom stereocenters. The molecule has 0 atom stereocenters. The third kappa shape index (κ3) is 2.64. The highest BCUT2D eigenvalue weighted by Gasteiger charge is 2.43. The van der Waals surface area contributed by atoms with E-state index in [1.165, 1.54) is 95.9 Å². The number of nitrogens with zero attached hydrogens (tertiary/aromatic N) is 2. The van der Waals surface area contributed by atoms with Gasteiger partial charge in [-0.1, -0.05) is 98.6 Å². The van der Waals surface area contributed by atoms with Gasteiger partial charge >= 0.3 is 6.85 Å². The number of para-hydroxylation sites is 4. The zero-order valence-electron chi connectivity index (χ0n) is 24.4. The van der Waals surface area contributed by atoms with Gasteiger partial charge in [0.05, 0.1) is 16.3 Å². The smallest absolute Gasteiger partial charge is 0.336 e. The van der Waals surface area contributed by atoms with Crippen LogP contribution in [0.1, 0.15) is 31.7 Å². The van der Waals surface area contributed by atoms with E-state index in [9.17, 15) is 0 Å². The van der Waals surface area contributed by atoms with E-state index < -0.39 is 0 Å². The highest BCUT2D eigenvalue weighted by atomic mass is 16.3. The van der Waals surface area contributed by atoms with Crippen LogP contribution in [0.25, 0.3) is 82.8 Å². The molecule has 9 aromatic rings. The Hall–Kier alpha value is -5.16. The van der Waals surface area contributed by atoms with Gasteiger partial charge in [-0.05, 0) is 53.1 Å². The lowest BCUT2D eigenvalue weighted by molar-refractivity contribution is 0.645. The first-order valence-corrected chi connectivity index (χ1v) is 15.9. The molecule has 2 aliphatic rings. The molecule has 44 heavy (non-hydrogen) atoms. The Morgan fingerprint density at radius 2 is 1.32 bits per heavy atom. The molecule has 0 amide bonds. The topological polar surface area (TPSA) is 36.1 Å². The zero-order valence-corrected chi connectivity index (χ0v) is 24.4. The first-order chi connectivity index (χ1) is 21.8. The van der Waals surface area contributed by atoms with Crippen LogP contribution in [0.4, 0.5) is 0 Å². The molecule has 0 saturated heterocycles. The van der Waals surface area contributed by atoms with Crippen LogP contribution in [0, 0.1) is 0 Å². The number of benzene rings is 5. The summed E-state index contributed by atoms with van der Waals surface area (Å²) in [6.45, 7) is 2.27. The molecule has 0 spiro atoms. The maximum absolute atomic E-state index is 6.77. The molecular weight excluding hydrogens is 539 g/mol. The number of aryl methyl sites for hydroxylation is 1. The lowest BCUT2D eigenvalue weighted by Crippen LogP contribution is -2.55. The molecule has 0 radical (unpaired) electrons. The Kier molecular flexibility index (Phi) is 4.27.